The molecule has 2 aromatic rings. The number of methoxy groups -OCH3 is 1. The Balaban J connectivity index is 2.12. The molecule has 1 aromatic carbocycles. The van der Waals surface area contributed by atoms with Gasteiger partial charge in [-0.2, -0.15) is 0 Å². The summed E-state index contributed by atoms with van der Waals surface area (Å²) in [4.78, 5) is 29.2. The number of hydrogen-bond donors (Lipinski definition) is 2. The Bertz CT molecular complexity index is 691. The van der Waals surface area contributed by atoms with E-state index in [0.29, 0.717) is 18.1 Å². The van der Waals surface area contributed by atoms with E-state index in [9.17, 15) is 9.59 Å². The van der Waals surface area contributed by atoms with Crippen molar-refractivity contribution in [1.29, 1.82) is 0 Å². The number of pyridine rings is 1. The molecule has 0 aliphatic carbocycles. The summed E-state index contributed by atoms with van der Waals surface area (Å²) >= 11 is 0. The highest BCUT2D eigenvalue weighted by Crippen LogP contribution is 2.20. The Morgan fingerprint density at radius 2 is 1.96 bits per heavy atom. The summed E-state index contributed by atoms with van der Waals surface area (Å²) in [7, 11) is 1.48. The summed E-state index contributed by atoms with van der Waals surface area (Å²) in [5.41, 5.74) is 6.62. The second kappa shape index (κ2) is 8.52. The second-order valence-electron chi connectivity index (χ2n) is 5.11. The molecule has 0 atom stereocenters. The monoisotopic (exact) mass is 328 g/mol. The molecule has 0 saturated carbocycles. The van der Waals surface area contributed by atoms with E-state index < -0.39 is 5.91 Å². The number of benzene rings is 1. The highest BCUT2D eigenvalue weighted by Gasteiger charge is 2.17. The maximum absolute atomic E-state index is 12.6. The minimum absolute atomic E-state index is 0.0877. The average Bonchev–Trinajstić information content (AvgIpc) is 2.59. The molecule has 126 valence electrons. The van der Waals surface area contributed by atoms with Crippen LogP contribution in [0.1, 0.15) is 12.0 Å². The van der Waals surface area contributed by atoms with Crippen molar-refractivity contribution in [3.05, 3.63) is 54.2 Å². The molecule has 7 nitrogen and oxygen atoms in total. The number of urea groups is 1. The molecule has 0 aliphatic heterocycles. The number of hydrogen-bond acceptors (Lipinski definition) is 4. The lowest BCUT2D eigenvalue weighted by Crippen LogP contribution is -2.37. The predicted octanol–water partition coefficient (Wildman–Crippen LogP) is 2.00. The zero-order valence-corrected chi connectivity index (χ0v) is 13.4. The van der Waals surface area contributed by atoms with E-state index in [2.05, 4.69) is 10.3 Å². The molecule has 24 heavy (non-hydrogen) atoms. The molecule has 2 rings (SSSR count). The van der Waals surface area contributed by atoms with E-state index in [0.717, 1.165) is 5.56 Å². The number of carbonyl (C=O) groups is 2. The minimum atomic E-state index is -0.458. The van der Waals surface area contributed by atoms with E-state index >= 15 is 0 Å². The fourth-order valence-electron chi connectivity index (χ4n) is 2.14. The fraction of sp³-hybridized carbons (Fsp3) is 0.235. The first-order chi connectivity index (χ1) is 11.6. The molecular weight excluding hydrogens is 308 g/mol. The van der Waals surface area contributed by atoms with Crippen LogP contribution in [0.15, 0.2) is 48.7 Å². The van der Waals surface area contributed by atoms with Gasteiger partial charge in [-0.05, 0) is 17.7 Å². The predicted molar refractivity (Wildman–Crippen MR) is 90.5 cm³/mol. The lowest BCUT2D eigenvalue weighted by atomic mass is 10.2. The summed E-state index contributed by atoms with van der Waals surface area (Å²) in [6.45, 7) is 0.584. The number of rotatable bonds is 7. The van der Waals surface area contributed by atoms with E-state index in [1.165, 1.54) is 12.0 Å². The van der Waals surface area contributed by atoms with Gasteiger partial charge in [-0.25, -0.2) is 9.78 Å². The van der Waals surface area contributed by atoms with Gasteiger partial charge in [0.25, 0.3) is 0 Å². The van der Waals surface area contributed by atoms with Crippen LogP contribution < -0.4 is 15.8 Å². The first-order valence-corrected chi connectivity index (χ1v) is 7.47. The number of nitrogens with zero attached hydrogens (tertiary/aromatic N) is 2. The Morgan fingerprint density at radius 1 is 1.21 bits per heavy atom. The molecule has 3 N–H and O–H groups in total. The quantitative estimate of drug-likeness (QED) is 0.812. The molecular formula is C17H20N4O3. The van der Waals surface area contributed by atoms with Gasteiger partial charge in [-0.1, -0.05) is 30.3 Å². The van der Waals surface area contributed by atoms with Crippen LogP contribution in [-0.4, -0.2) is 35.5 Å². The smallest absolute Gasteiger partial charge is 0.322 e. The first kappa shape index (κ1) is 17.3. The van der Waals surface area contributed by atoms with E-state index in [4.69, 9.17) is 10.5 Å². The molecule has 1 aromatic heterocycles. The number of aromatic nitrogens is 1. The number of anilines is 1. The van der Waals surface area contributed by atoms with Crippen LogP contribution in [0.5, 0.6) is 5.88 Å². The SMILES string of the molecule is COc1ncccc1NC(=O)N(CCC(N)=O)Cc1ccccc1. The molecule has 0 aliphatic rings. The van der Waals surface area contributed by atoms with Crippen LogP contribution in [0.4, 0.5) is 10.5 Å². The highest BCUT2D eigenvalue weighted by atomic mass is 16.5. The molecule has 0 bridgehead atoms. The average molecular weight is 328 g/mol. The van der Waals surface area contributed by atoms with Crippen molar-refractivity contribution >= 4 is 17.6 Å². The molecule has 3 amide bonds. The molecule has 0 radical (unpaired) electrons. The third-order valence-electron chi connectivity index (χ3n) is 3.34. The Hall–Kier alpha value is -3.09. The summed E-state index contributed by atoms with van der Waals surface area (Å²) < 4.78 is 5.12. The van der Waals surface area contributed by atoms with Crippen LogP contribution in [0.2, 0.25) is 0 Å². The summed E-state index contributed by atoms with van der Waals surface area (Å²) in [6.07, 6.45) is 1.66. The first-order valence-electron chi connectivity index (χ1n) is 7.47. The number of primary amides is 1. The van der Waals surface area contributed by atoms with Gasteiger partial charge in [0.15, 0.2) is 0 Å². The maximum atomic E-state index is 12.6. The third kappa shape index (κ3) is 4.98. The van der Waals surface area contributed by atoms with Crippen LogP contribution in [0.25, 0.3) is 0 Å². The third-order valence-corrected chi connectivity index (χ3v) is 3.34. The zero-order valence-electron chi connectivity index (χ0n) is 13.4. The van der Waals surface area contributed by atoms with Crippen LogP contribution in [0, 0.1) is 0 Å². The molecule has 0 saturated heterocycles. The number of nitrogens with one attached hydrogen (secondary N) is 1. The van der Waals surface area contributed by atoms with Gasteiger partial charge < -0.3 is 20.7 Å². The second-order valence-corrected chi connectivity index (χ2v) is 5.11. The molecule has 0 spiro atoms. The number of amides is 3. The van der Waals surface area contributed by atoms with Gasteiger partial charge in [0.1, 0.15) is 5.69 Å². The Labute approximate surface area is 140 Å². The number of carbonyl (C=O) groups excluding carboxylic acids is 2. The summed E-state index contributed by atoms with van der Waals surface area (Å²) in [5.74, 6) is -0.139. The van der Waals surface area contributed by atoms with E-state index in [1.54, 1.807) is 18.3 Å². The lowest BCUT2D eigenvalue weighted by Gasteiger charge is -2.23. The van der Waals surface area contributed by atoms with Crippen molar-refractivity contribution in [2.75, 3.05) is 19.0 Å². The van der Waals surface area contributed by atoms with Gasteiger partial charge in [0, 0.05) is 25.7 Å². The van der Waals surface area contributed by atoms with Gasteiger partial charge in [0.2, 0.25) is 11.8 Å². The van der Waals surface area contributed by atoms with Gasteiger partial charge >= 0.3 is 6.03 Å². The van der Waals surface area contributed by atoms with Crippen LogP contribution >= 0.6 is 0 Å². The number of ether oxygens (including phenoxy) is 1. The molecule has 0 unspecified atom stereocenters. The minimum Gasteiger partial charge on any atom is -0.480 e. The van der Waals surface area contributed by atoms with Crippen molar-refractivity contribution in [2.45, 2.75) is 13.0 Å². The Morgan fingerprint density at radius 3 is 2.62 bits per heavy atom. The van der Waals surface area contributed by atoms with Crippen molar-refractivity contribution < 1.29 is 14.3 Å². The molecule has 1 heterocycles. The van der Waals surface area contributed by atoms with Gasteiger partial charge in [-0.3, -0.25) is 4.79 Å². The molecule has 7 heteroatoms. The zero-order chi connectivity index (χ0) is 17.4. The normalized spacial score (nSPS) is 10.0. The van der Waals surface area contributed by atoms with Crippen molar-refractivity contribution in [3.63, 3.8) is 0 Å². The molecule has 0 fully saturated rings. The largest absolute Gasteiger partial charge is 0.480 e. The van der Waals surface area contributed by atoms with Crippen molar-refractivity contribution in [2.24, 2.45) is 5.73 Å². The van der Waals surface area contributed by atoms with E-state index in [-0.39, 0.29) is 19.0 Å². The highest BCUT2D eigenvalue weighted by molar-refractivity contribution is 5.90. The van der Waals surface area contributed by atoms with Crippen molar-refractivity contribution in [1.82, 2.24) is 9.88 Å². The number of nitrogens with two attached hydrogens (primary N) is 1. The topological polar surface area (TPSA) is 97.6 Å². The van der Waals surface area contributed by atoms with Gasteiger partial charge in [0.05, 0.1) is 7.11 Å². The summed E-state index contributed by atoms with van der Waals surface area (Å²) in [6, 6.07) is 12.5. The van der Waals surface area contributed by atoms with Crippen molar-refractivity contribution in [3.8, 4) is 5.88 Å². The Kier molecular flexibility index (Phi) is 6.13. The standard InChI is InChI=1S/C17H20N4O3/c1-24-16-14(8-5-10-19-16)20-17(23)21(11-9-15(18)22)12-13-6-3-2-4-7-13/h2-8,10H,9,11-12H2,1H3,(H2,18,22)(H,20,23). The van der Waals surface area contributed by atoms with E-state index in [1.807, 2.05) is 30.3 Å². The lowest BCUT2D eigenvalue weighted by molar-refractivity contribution is -0.118. The maximum Gasteiger partial charge on any atom is 0.322 e. The van der Waals surface area contributed by atoms with Crippen LogP contribution in [0.3, 0.4) is 0 Å². The summed E-state index contributed by atoms with van der Waals surface area (Å²) in [5, 5.41) is 2.75. The van der Waals surface area contributed by atoms with Gasteiger partial charge in [-0.15, -0.1) is 0 Å². The fourth-order valence-corrected chi connectivity index (χ4v) is 2.14. The van der Waals surface area contributed by atoms with Crippen LogP contribution in [-0.2, 0) is 11.3 Å².